The van der Waals surface area contributed by atoms with E-state index in [9.17, 15) is 4.79 Å². The second-order valence-corrected chi connectivity index (χ2v) is 6.12. The van der Waals surface area contributed by atoms with Crippen molar-refractivity contribution in [2.45, 2.75) is 18.7 Å². The van der Waals surface area contributed by atoms with Gasteiger partial charge in [0.05, 0.1) is 0 Å². The first-order chi connectivity index (χ1) is 8.18. The van der Waals surface area contributed by atoms with E-state index in [2.05, 4.69) is 22.1 Å². The first-order valence-corrected chi connectivity index (χ1v) is 7.90. The predicted molar refractivity (Wildman–Crippen MR) is 77.4 cm³/mol. The number of hydrogen-bond acceptors (Lipinski definition) is 4. The zero-order chi connectivity index (χ0) is 12.3. The van der Waals surface area contributed by atoms with Gasteiger partial charge < -0.3 is 5.32 Å². The summed E-state index contributed by atoms with van der Waals surface area (Å²) in [6.07, 6.45) is 0. The number of rotatable bonds is 5. The predicted octanol–water partition coefficient (Wildman–Crippen LogP) is 2.09. The third-order valence-corrected chi connectivity index (χ3v) is 4.61. The summed E-state index contributed by atoms with van der Waals surface area (Å²) in [6.45, 7) is 2.54. The van der Waals surface area contributed by atoms with Gasteiger partial charge in [0.2, 0.25) is 0 Å². The highest BCUT2D eigenvalue weighted by Crippen LogP contribution is 2.16. The lowest BCUT2D eigenvalue weighted by atomic mass is 10.3. The Morgan fingerprint density at radius 3 is 3.06 bits per heavy atom. The van der Waals surface area contributed by atoms with Crippen LogP contribution in [0, 0.1) is 0 Å². The van der Waals surface area contributed by atoms with E-state index in [1.165, 1.54) is 5.56 Å². The lowest BCUT2D eigenvalue weighted by molar-refractivity contribution is -0.126. The van der Waals surface area contributed by atoms with E-state index in [0.717, 1.165) is 11.5 Å². The molecule has 1 aliphatic heterocycles. The normalized spacial score (nSPS) is 19.8. The fraction of sp³-hybridized carbons (Fsp3) is 0.455. The van der Waals surface area contributed by atoms with Crippen LogP contribution in [0.5, 0.6) is 0 Å². The molecule has 1 unspecified atom stereocenters. The maximum Gasteiger partial charge on any atom is 0.251 e. The molecule has 1 aromatic rings. The van der Waals surface area contributed by atoms with Gasteiger partial charge >= 0.3 is 0 Å². The summed E-state index contributed by atoms with van der Waals surface area (Å²) < 4.78 is 0. The van der Waals surface area contributed by atoms with E-state index in [1.54, 1.807) is 16.2 Å². The fourth-order valence-electron chi connectivity index (χ4n) is 1.59. The molecule has 1 saturated heterocycles. The van der Waals surface area contributed by atoms with Crippen LogP contribution in [0.3, 0.4) is 0 Å². The number of carbonyl (C=O) groups is 1. The number of nitrogens with zero attached hydrogens (tertiary/aromatic N) is 1. The third-order valence-electron chi connectivity index (χ3n) is 2.53. The van der Waals surface area contributed by atoms with Crippen molar-refractivity contribution in [1.29, 1.82) is 0 Å². The fourth-order valence-corrected chi connectivity index (χ4v) is 3.59. The average molecular weight is 286 g/mol. The minimum atomic E-state index is -0.163. The minimum absolute atomic E-state index is 0.0890. The highest BCUT2D eigenvalue weighted by atomic mass is 32.2. The lowest BCUT2D eigenvalue weighted by Gasteiger charge is -2.13. The summed E-state index contributed by atoms with van der Waals surface area (Å²) in [7, 11) is 0. The van der Waals surface area contributed by atoms with Crippen LogP contribution in [-0.2, 0) is 10.5 Å². The third kappa shape index (κ3) is 3.20. The van der Waals surface area contributed by atoms with E-state index >= 15 is 0 Å². The molecule has 0 saturated carbocycles. The molecule has 1 fully saturated rings. The van der Waals surface area contributed by atoms with E-state index < -0.39 is 0 Å². The average Bonchev–Trinajstić information content (AvgIpc) is 2.87. The largest absolute Gasteiger partial charge is 0.351 e. The van der Waals surface area contributed by atoms with Crippen LogP contribution >= 0.6 is 35.3 Å². The molecule has 3 nitrogen and oxygen atoms in total. The van der Waals surface area contributed by atoms with Gasteiger partial charge in [-0.3, -0.25) is 9.69 Å². The Bertz CT molecular complexity index is 405. The molecule has 1 aromatic heterocycles. The highest BCUT2D eigenvalue weighted by molar-refractivity contribution is 7.98. The first-order valence-electron chi connectivity index (χ1n) is 5.39. The van der Waals surface area contributed by atoms with Crippen molar-refractivity contribution in [3.05, 3.63) is 22.4 Å². The molecular formula is C11H14N2OS3. The molecule has 0 aromatic carbocycles. The number of thioether (sulfide) groups is 1. The molecule has 92 valence electrons. The van der Waals surface area contributed by atoms with Gasteiger partial charge in [-0.25, -0.2) is 0 Å². The van der Waals surface area contributed by atoms with Gasteiger partial charge in [-0.05, 0) is 41.5 Å². The second kappa shape index (κ2) is 5.84. The van der Waals surface area contributed by atoms with Crippen molar-refractivity contribution in [3.63, 3.8) is 0 Å². The Morgan fingerprint density at radius 1 is 1.65 bits per heavy atom. The topological polar surface area (TPSA) is 32.3 Å². The molecule has 6 heteroatoms. The second-order valence-electron chi connectivity index (χ2n) is 3.85. The number of hydrogen-bond donors (Lipinski definition) is 1. The Morgan fingerprint density at radius 2 is 2.47 bits per heavy atom. The first kappa shape index (κ1) is 12.9. The van der Waals surface area contributed by atoms with Crippen LogP contribution in [0.2, 0.25) is 0 Å². The quantitative estimate of drug-likeness (QED) is 0.663. The van der Waals surface area contributed by atoms with Crippen LogP contribution in [0.15, 0.2) is 16.8 Å². The van der Waals surface area contributed by atoms with Crippen molar-refractivity contribution in [1.82, 2.24) is 10.2 Å². The SMILES string of the molecule is CC1NC(=S)N(CCSCc2ccsc2)C1=O. The van der Waals surface area contributed by atoms with E-state index in [4.69, 9.17) is 12.2 Å². The minimum Gasteiger partial charge on any atom is -0.351 e. The van der Waals surface area contributed by atoms with Crippen LogP contribution < -0.4 is 5.32 Å². The summed E-state index contributed by atoms with van der Waals surface area (Å²) in [5.41, 5.74) is 1.35. The van der Waals surface area contributed by atoms with Gasteiger partial charge in [0.1, 0.15) is 6.04 Å². The molecule has 2 rings (SSSR count). The Balaban J connectivity index is 1.72. The number of carbonyl (C=O) groups excluding carboxylic acids is 1. The summed E-state index contributed by atoms with van der Waals surface area (Å²) in [6, 6.07) is 1.97. The van der Waals surface area contributed by atoms with Crippen LogP contribution in [0.1, 0.15) is 12.5 Å². The van der Waals surface area contributed by atoms with E-state index in [1.807, 2.05) is 18.7 Å². The van der Waals surface area contributed by atoms with E-state index in [0.29, 0.717) is 11.7 Å². The molecule has 1 aliphatic rings. The maximum atomic E-state index is 11.7. The van der Waals surface area contributed by atoms with Crippen molar-refractivity contribution in [2.75, 3.05) is 12.3 Å². The molecule has 1 N–H and O–H groups in total. The van der Waals surface area contributed by atoms with Crippen LogP contribution in [-0.4, -0.2) is 34.3 Å². The summed E-state index contributed by atoms with van der Waals surface area (Å²) in [5.74, 6) is 2.00. The molecule has 0 bridgehead atoms. The van der Waals surface area contributed by atoms with Crippen molar-refractivity contribution in [3.8, 4) is 0 Å². The number of amides is 1. The summed E-state index contributed by atoms with van der Waals surface area (Å²) in [4.78, 5) is 13.4. The molecule has 2 heterocycles. The molecule has 17 heavy (non-hydrogen) atoms. The van der Waals surface area contributed by atoms with Crippen molar-refractivity contribution >= 4 is 46.3 Å². The van der Waals surface area contributed by atoms with Crippen LogP contribution in [0.25, 0.3) is 0 Å². The molecular weight excluding hydrogens is 272 g/mol. The van der Waals surface area contributed by atoms with Gasteiger partial charge in [-0.2, -0.15) is 23.1 Å². The number of nitrogens with one attached hydrogen (secondary N) is 1. The smallest absolute Gasteiger partial charge is 0.251 e. The monoisotopic (exact) mass is 286 g/mol. The molecule has 0 spiro atoms. The van der Waals surface area contributed by atoms with E-state index in [-0.39, 0.29) is 11.9 Å². The Hall–Kier alpha value is -0.590. The lowest BCUT2D eigenvalue weighted by Crippen LogP contribution is -2.33. The van der Waals surface area contributed by atoms with Gasteiger partial charge in [0.15, 0.2) is 5.11 Å². The van der Waals surface area contributed by atoms with Gasteiger partial charge in [0.25, 0.3) is 5.91 Å². The standard InChI is InChI=1S/C11H14N2OS3/c1-8-10(14)13(11(15)12-8)3-5-17-7-9-2-4-16-6-9/h2,4,6,8H,3,5,7H2,1H3,(H,12,15). The van der Waals surface area contributed by atoms with Gasteiger partial charge in [-0.15, -0.1) is 0 Å². The number of thiophene rings is 1. The molecule has 0 aliphatic carbocycles. The molecule has 0 radical (unpaired) electrons. The van der Waals surface area contributed by atoms with Gasteiger partial charge in [-0.1, -0.05) is 0 Å². The highest BCUT2D eigenvalue weighted by Gasteiger charge is 2.31. The maximum absolute atomic E-state index is 11.7. The number of thiocarbonyl (C=S) groups is 1. The van der Waals surface area contributed by atoms with Crippen molar-refractivity contribution in [2.24, 2.45) is 0 Å². The Kier molecular flexibility index (Phi) is 4.42. The molecule has 1 atom stereocenters. The van der Waals surface area contributed by atoms with Crippen LogP contribution in [0.4, 0.5) is 0 Å². The molecule has 1 amide bonds. The summed E-state index contributed by atoms with van der Waals surface area (Å²) in [5, 5.41) is 7.78. The zero-order valence-corrected chi connectivity index (χ0v) is 12.0. The zero-order valence-electron chi connectivity index (χ0n) is 9.51. The van der Waals surface area contributed by atoms with Gasteiger partial charge in [0, 0.05) is 18.1 Å². The van der Waals surface area contributed by atoms with Crippen molar-refractivity contribution < 1.29 is 4.79 Å². The summed E-state index contributed by atoms with van der Waals surface area (Å²) >= 11 is 8.65. The Labute approximate surface area is 115 Å².